The van der Waals surface area contributed by atoms with Crippen molar-refractivity contribution in [1.29, 1.82) is 0 Å². The minimum atomic E-state index is -2.93. The second-order valence-corrected chi connectivity index (χ2v) is 3.65. The number of rotatable bonds is 4. The van der Waals surface area contributed by atoms with Gasteiger partial charge in [-0.1, -0.05) is 36.9 Å². The van der Waals surface area contributed by atoms with Crippen LogP contribution in [0.4, 0.5) is 8.78 Å². The summed E-state index contributed by atoms with van der Waals surface area (Å²) in [5.74, 6) is -2.93. The monoisotopic (exact) mass is 232 g/mol. The van der Waals surface area contributed by atoms with Crippen molar-refractivity contribution in [2.24, 2.45) is 0 Å². The van der Waals surface area contributed by atoms with Crippen molar-refractivity contribution in [2.45, 2.75) is 26.7 Å². The summed E-state index contributed by atoms with van der Waals surface area (Å²) in [6.45, 7) is 11.1. The van der Waals surface area contributed by atoms with E-state index in [1.807, 2.05) is 0 Å². The summed E-state index contributed by atoms with van der Waals surface area (Å²) in [6.07, 6.45) is 2.75. The van der Waals surface area contributed by atoms with E-state index in [1.165, 1.54) is 0 Å². The minimum Gasteiger partial charge on any atom is -0.202 e. The molecule has 0 radical (unpaired) electrons. The maximum absolute atomic E-state index is 13.1. The molecule has 0 aliphatic rings. The van der Waals surface area contributed by atoms with Crippen LogP contribution in [0.3, 0.4) is 0 Å². The fourth-order valence-corrected chi connectivity index (χ4v) is 1.32. The van der Waals surface area contributed by atoms with Crippen molar-refractivity contribution in [3.63, 3.8) is 0 Å². The molecule has 0 bridgehead atoms. The maximum Gasteiger partial charge on any atom is 0.270 e. The fraction of sp³-hybridized carbons (Fsp3) is 0.333. The van der Waals surface area contributed by atoms with E-state index >= 15 is 0 Å². The minimum absolute atomic E-state index is 0.146. The van der Waals surface area contributed by atoms with Crippen LogP contribution >= 0.6 is 11.6 Å². The molecule has 0 unspecified atom stereocenters. The van der Waals surface area contributed by atoms with Crippen LogP contribution in [0.5, 0.6) is 0 Å². The van der Waals surface area contributed by atoms with Gasteiger partial charge in [-0.05, 0) is 25.0 Å². The van der Waals surface area contributed by atoms with Crippen LogP contribution < -0.4 is 0 Å². The van der Waals surface area contributed by atoms with Crippen molar-refractivity contribution in [1.82, 2.24) is 0 Å². The quantitative estimate of drug-likeness (QED) is 0.609. The molecule has 0 spiro atoms. The van der Waals surface area contributed by atoms with E-state index in [2.05, 4.69) is 13.2 Å². The molecule has 15 heavy (non-hydrogen) atoms. The Kier molecular flexibility index (Phi) is 4.95. The first-order chi connectivity index (χ1) is 6.75. The number of halogens is 3. The van der Waals surface area contributed by atoms with Crippen molar-refractivity contribution in [2.75, 3.05) is 0 Å². The zero-order valence-corrected chi connectivity index (χ0v) is 9.96. The van der Waals surface area contributed by atoms with Gasteiger partial charge in [0.25, 0.3) is 5.92 Å². The number of hydrogen-bond donors (Lipinski definition) is 0. The fourth-order valence-electron chi connectivity index (χ4n) is 1.18. The summed E-state index contributed by atoms with van der Waals surface area (Å²) >= 11 is 5.81. The summed E-state index contributed by atoms with van der Waals surface area (Å²) < 4.78 is 26.3. The molecule has 0 N–H and O–H groups in total. The lowest BCUT2D eigenvalue weighted by atomic mass is 9.98. The Morgan fingerprint density at radius 1 is 1.40 bits per heavy atom. The van der Waals surface area contributed by atoms with E-state index in [0.717, 1.165) is 13.0 Å². The average Bonchev–Trinajstić information content (AvgIpc) is 2.14. The van der Waals surface area contributed by atoms with Gasteiger partial charge < -0.3 is 0 Å². The summed E-state index contributed by atoms with van der Waals surface area (Å²) in [5.41, 5.74) is 0.615. The van der Waals surface area contributed by atoms with Gasteiger partial charge in [0.2, 0.25) is 0 Å². The molecule has 0 aromatic heterocycles. The highest BCUT2D eigenvalue weighted by atomic mass is 35.5. The van der Waals surface area contributed by atoms with Gasteiger partial charge in [0.1, 0.15) is 0 Å². The van der Waals surface area contributed by atoms with Crippen LogP contribution in [-0.2, 0) is 0 Å². The van der Waals surface area contributed by atoms with Gasteiger partial charge in [0.05, 0.1) is 0 Å². The van der Waals surface area contributed by atoms with Crippen molar-refractivity contribution in [3.8, 4) is 0 Å². The molecule has 0 saturated carbocycles. The molecule has 84 valence electrons. The number of hydrogen-bond acceptors (Lipinski definition) is 0. The van der Waals surface area contributed by atoms with E-state index in [-0.39, 0.29) is 5.57 Å². The standard InChI is InChI=1S/C12H15ClF2/c1-6-10(12(5,14)15)8(3)9(4)11(13)7-2/h6-7H,1,4H2,2-3,5H3/b10-8-,11-7+. The molecule has 0 saturated heterocycles. The maximum atomic E-state index is 13.1. The van der Waals surface area contributed by atoms with Gasteiger partial charge in [0, 0.05) is 17.5 Å². The van der Waals surface area contributed by atoms with Gasteiger partial charge in [-0.25, -0.2) is 8.78 Å². The van der Waals surface area contributed by atoms with Crippen molar-refractivity contribution >= 4 is 11.6 Å². The average molecular weight is 233 g/mol. The highest BCUT2D eigenvalue weighted by Crippen LogP contribution is 2.32. The van der Waals surface area contributed by atoms with E-state index in [9.17, 15) is 8.78 Å². The summed E-state index contributed by atoms with van der Waals surface area (Å²) in [7, 11) is 0. The second-order valence-electron chi connectivity index (χ2n) is 3.25. The smallest absolute Gasteiger partial charge is 0.202 e. The predicted molar refractivity (Wildman–Crippen MR) is 62.3 cm³/mol. The van der Waals surface area contributed by atoms with Gasteiger partial charge in [-0.2, -0.15) is 0 Å². The lowest BCUT2D eigenvalue weighted by molar-refractivity contribution is 0.0667. The third kappa shape index (κ3) is 3.63. The van der Waals surface area contributed by atoms with Crippen molar-refractivity contribution < 1.29 is 8.78 Å². The normalized spacial score (nSPS) is 14.7. The van der Waals surface area contributed by atoms with Crippen LogP contribution in [0, 0.1) is 0 Å². The Bertz CT molecular complexity index is 330. The first-order valence-electron chi connectivity index (χ1n) is 4.48. The third-order valence-corrected chi connectivity index (χ3v) is 2.52. The molecule has 0 atom stereocenters. The van der Waals surface area contributed by atoms with Crippen LogP contribution in [0.2, 0.25) is 0 Å². The SMILES string of the molecule is C=C/C(=C(\C)C(=C)/C(Cl)=C\C)C(C)(F)F. The first-order valence-corrected chi connectivity index (χ1v) is 4.86. The van der Waals surface area contributed by atoms with Gasteiger partial charge >= 0.3 is 0 Å². The first kappa shape index (κ1) is 14.1. The topological polar surface area (TPSA) is 0 Å². The molecule has 0 aliphatic carbocycles. The molecule has 0 heterocycles. The molecule has 0 amide bonds. The zero-order chi connectivity index (χ0) is 12.2. The molecule has 0 aromatic carbocycles. The molecule has 0 aromatic rings. The third-order valence-electron chi connectivity index (χ3n) is 2.08. The highest BCUT2D eigenvalue weighted by molar-refractivity contribution is 6.32. The molecule has 0 fully saturated rings. The Morgan fingerprint density at radius 3 is 2.13 bits per heavy atom. The number of allylic oxidation sites excluding steroid dienone is 6. The summed E-state index contributed by atoms with van der Waals surface area (Å²) in [6, 6.07) is 0. The van der Waals surface area contributed by atoms with Crippen molar-refractivity contribution in [3.05, 3.63) is 47.1 Å². The molecular formula is C12H15ClF2. The Balaban J connectivity index is 5.42. The molecule has 3 heteroatoms. The largest absolute Gasteiger partial charge is 0.270 e. The highest BCUT2D eigenvalue weighted by Gasteiger charge is 2.27. The van der Waals surface area contributed by atoms with Gasteiger partial charge in [-0.3, -0.25) is 0 Å². The summed E-state index contributed by atoms with van der Waals surface area (Å²) in [4.78, 5) is 0. The lowest BCUT2D eigenvalue weighted by Crippen LogP contribution is -2.14. The van der Waals surface area contributed by atoms with E-state index in [1.54, 1.807) is 19.9 Å². The number of alkyl halides is 2. The second kappa shape index (κ2) is 5.26. The van der Waals surface area contributed by atoms with E-state index in [0.29, 0.717) is 16.2 Å². The van der Waals surface area contributed by atoms with Crippen LogP contribution in [-0.4, -0.2) is 5.92 Å². The Labute approximate surface area is 94.6 Å². The van der Waals surface area contributed by atoms with Gasteiger partial charge in [-0.15, -0.1) is 0 Å². The zero-order valence-electron chi connectivity index (χ0n) is 9.20. The Morgan fingerprint density at radius 2 is 1.87 bits per heavy atom. The van der Waals surface area contributed by atoms with Gasteiger partial charge in [0.15, 0.2) is 0 Å². The molecular weight excluding hydrogens is 218 g/mol. The molecule has 0 nitrogen and oxygen atoms in total. The van der Waals surface area contributed by atoms with E-state index in [4.69, 9.17) is 11.6 Å². The lowest BCUT2D eigenvalue weighted by Gasteiger charge is -2.16. The van der Waals surface area contributed by atoms with Crippen LogP contribution in [0.25, 0.3) is 0 Å². The molecule has 0 aliphatic heterocycles. The Hall–Kier alpha value is -0.890. The predicted octanol–water partition coefficient (Wildman–Crippen LogP) is 4.84. The summed E-state index contributed by atoms with van der Waals surface area (Å²) in [5, 5.41) is 0.371. The van der Waals surface area contributed by atoms with E-state index < -0.39 is 5.92 Å². The molecule has 0 rings (SSSR count). The van der Waals surface area contributed by atoms with Crippen LogP contribution in [0.1, 0.15) is 20.8 Å². The van der Waals surface area contributed by atoms with Crippen LogP contribution in [0.15, 0.2) is 47.1 Å².